The van der Waals surface area contributed by atoms with Crippen molar-refractivity contribution >= 4 is 24.0 Å². The Morgan fingerprint density at radius 1 is 1.39 bits per heavy atom. The van der Waals surface area contributed by atoms with E-state index in [2.05, 4.69) is 51.8 Å². The molecule has 23 heavy (non-hydrogen) atoms. The van der Waals surface area contributed by atoms with Gasteiger partial charge in [0.2, 0.25) is 0 Å². The van der Waals surface area contributed by atoms with Gasteiger partial charge in [-0.25, -0.2) is 4.68 Å². The first-order valence-electron chi connectivity index (χ1n) is 7.51. The second kappa shape index (κ2) is 7.42. The Morgan fingerprint density at radius 2 is 2.13 bits per heavy atom. The van der Waals surface area contributed by atoms with Gasteiger partial charge in [0, 0.05) is 33.7 Å². The van der Waals surface area contributed by atoms with Crippen molar-refractivity contribution in [3.05, 3.63) is 33.8 Å². The van der Waals surface area contributed by atoms with Gasteiger partial charge in [-0.15, -0.1) is 0 Å². The van der Waals surface area contributed by atoms with Crippen molar-refractivity contribution < 1.29 is 4.74 Å². The zero-order valence-corrected chi connectivity index (χ0v) is 16.6. The van der Waals surface area contributed by atoms with Gasteiger partial charge in [0.25, 0.3) is 0 Å². The third-order valence-electron chi connectivity index (χ3n) is 3.46. The summed E-state index contributed by atoms with van der Waals surface area (Å²) in [5.74, 6) is 0. The monoisotopic (exact) mass is 395 g/mol. The lowest BCUT2D eigenvalue weighted by atomic mass is 10.2. The van der Waals surface area contributed by atoms with E-state index in [9.17, 15) is 5.26 Å². The summed E-state index contributed by atoms with van der Waals surface area (Å²) in [5, 5.41) is 17.9. The highest BCUT2D eigenvalue weighted by molar-refractivity contribution is 9.10. The lowest BCUT2D eigenvalue weighted by molar-refractivity contribution is 0.0777. The molecule has 0 spiro atoms. The molecule has 0 fully saturated rings. The van der Waals surface area contributed by atoms with Gasteiger partial charge in [-0.1, -0.05) is 19.6 Å². The van der Waals surface area contributed by atoms with Crippen LogP contribution in [0.3, 0.4) is 0 Å². The van der Waals surface area contributed by atoms with Gasteiger partial charge in [0.1, 0.15) is 23.1 Å². The number of hydrogen-bond donors (Lipinski definition) is 0. The highest BCUT2D eigenvalue weighted by Crippen LogP contribution is 2.19. The summed E-state index contributed by atoms with van der Waals surface area (Å²) in [7, 11) is 0.773. The molecule has 8 heteroatoms. The third kappa shape index (κ3) is 5.02. The average molecular weight is 396 g/mol. The molecule has 0 amide bonds. The maximum atomic E-state index is 9.26. The summed E-state index contributed by atoms with van der Waals surface area (Å²) >= 11 is 3.50. The van der Waals surface area contributed by atoms with E-state index in [4.69, 9.17) is 4.74 Å². The van der Waals surface area contributed by atoms with Gasteiger partial charge in [-0.05, 0) is 28.0 Å². The quantitative estimate of drug-likeness (QED) is 0.533. The number of hydrogen-bond acceptors (Lipinski definition) is 4. The molecular weight excluding hydrogens is 374 g/mol. The van der Waals surface area contributed by atoms with Crippen LogP contribution in [0, 0.1) is 11.3 Å². The maximum Gasteiger partial charge on any atom is 0.141 e. The van der Waals surface area contributed by atoms with Crippen LogP contribution in [-0.4, -0.2) is 34.2 Å². The van der Waals surface area contributed by atoms with E-state index >= 15 is 0 Å². The van der Waals surface area contributed by atoms with E-state index in [1.165, 1.54) is 0 Å². The number of aromatic nitrogens is 4. The van der Waals surface area contributed by atoms with Gasteiger partial charge in [-0.2, -0.15) is 15.5 Å². The second-order valence-corrected chi connectivity index (χ2v) is 13.1. The van der Waals surface area contributed by atoms with E-state index in [0.717, 1.165) is 21.9 Å². The van der Waals surface area contributed by atoms with Crippen LogP contribution in [0.5, 0.6) is 0 Å². The van der Waals surface area contributed by atoms with Crippen molar-refractivity contribution in [2.45, 2.75) is 38.8 Å². The molecule has 0 aliphatic heterocycles. The van der Waals surface area contributed by atoms with Gasteiger partial charge in [0.05, 0.1) is 11.9 Å². The molecule has 0 aliphatic rings. The Labute approximate surface area is 146 Å². The Hall–Kier alpha value is -1.43. The smallest absolute Gasteiger partial charge is 0.141 e. The van der Waals surface area contributed by atoms with E-state index in [1.54, 1.807) is 21.6 Å². The SMILES string of the molecule is Cn1ncc(Cc2cc(C#N)n(COCC[Si](C)(C)C)n2)c1Br. The van der Waals surface area contributed by atoms with Crippen LogP contribution in [0.2, 0.25) is 25.7 Å². The molecule has 0 saturated carbocycles. The number of aryl methyl sites for hydroxylation is 1. The molecule has 0 aromatic carbocycles. The van der Waals surface area contributed by atoms with E-state index < -0.39 is 8.07 Å². The van der Waals surface area contributed by atoms with Crippen molar-refractivity contribution in [3.63, 3.8) is 0 Å². The van der Waals surface area contributed by atoms with Crippen LogP contribution in [0.25, 0.3) is 0 Å². The zero-order chi connectivity index (χ0) is 17.0. The predicted octanol–water partition coefficient (Wildman–Crippen LogP) is 3.15. The summed E-state index contributed by atoms with van der Waals surface area (Å²) in [6.07, 6.45) is 2.44. The van der Waals surface area contributed by atoms with Crippen molar-refractivity contribution in [2.75, 3.05) is 6.61 Å². The highest BCUT2D eigenvalue weighted by atomic mass is 79.9. The Morgan fingerprint density at radius 3 is 2.70 bits per heavy atom. The number of nitriles is 1. The molecule has 0 saturated heterocycles. The van der Waals surface area contributed by atoms with Crippen LogP contribution in [0.15, 0.2) is 16.9 Å². The Balaban J connectivity index is 2.00. The normalized spacial score (nSPS) is 11.7. The Bertz CT molecular complexity index is 711. The topological polar surface area (TPSA) is 68.7 Å². The molecule has 0 bridgehead atoms. The molecule has 0 unspecified atom stereocenters. The van der Waals surface area contributed by atoms with Crippen LogP contribution in [0.1, 0.15) is 17.0 Å². The highest BCUT2D eigenvalue weighted by Gasteiger charge is 2.14. The molecule has 6 nitrogen and oxygen atoms in total. The zero-order valence-electron chi connectivity index (χ0n) is 14.0. The van der Waals surface area contributed by atoms with Crippen LogP contribution in [0.4, 0.5) is 0 Å². The lowest BCUT2D eigenvalue weighted by Gasteiger charge is -2.15. The van der Waals surface area contributed by atoms with Crippen molar-refractivity contribution in [1.29, 1.82) is 5.26 Å². The first-order chi connectivity index (χ1) is 10.8. The molecule has 2 aromatic rings. The van der Waals surface area contributed by atoms with Gasteiger partial charge < -0.3 is 4.74 Å². The predicted molar refractivity (Wildman–Crippen MR) is 94.8 cm³/mol. The van der Waals surface area contributed by atoms with Crippen molar-refractivity contribution in [3.8, 4) is 6.07 Å². The largest absolute Gasteiger partial charge is 0.359 e. The first-order valence-corrected chi connectivity index (χ1v) is 12.0. The third-order valence-corrected chi connectivity index (χ3v) is 6.19. The maximum absolute atomic E-state index is 9.26. The van der Waals surface area contributed by atoms with Gasteiger partial charge >= 0.3 is 0 Å². The molecule has 0 aliphatic carbocycles. The molecule has 2 heterocycles. The minimum Gasteiger partial charge on any atom is -0.359 e. The number of ether oxygens (including phenoxy) is 1. The lowest BCUT2D eigenvalue weighted by Crippen LogP contribution is -2.22. The summed E-state index contributed by atoms with van der Waals surface area (Å²) in [4.78, 5) is 0. The summed E-state index contributed by atoms with van der Waals surface area (Å²) in [5.41, 5.74) is 2.40. The fourth-order valence-electron chi connectivity index (χ4n) is 2.06. The summed E-state index contributed by atoms with van der Waals surface area (Å²) in [6.45, 7) is 7.98. The molecule has 2 rings (SSSR count). The van der Waals surface area contributed by atoms with Crippen LogP contribution >= 0.6 is 15.9 Å². The van der Waals surface area contributed by atoms with Crippen LogP contribution < -0.4 is 0 Å². The van der Waals surface area contributed by atoms with E-state index in [0.29, 0.717) is 25.5 Å². The molecule has 0 N–H and O–H groups in total. The molecule has 0 radical (unpaired) electrons. The van der Waals surface area contributed by atoms with Crippen molar-refractivity contribution in [2.24, 2.45) is 7.05 Å². The van der Waals surface area contributed by atoms with E-state index in [-0.39, 0.29) is 0 Å². The van der Waals surface area contributed by atoms with Crippen molar-refractivity contribution in [1.82, 2.24) is 19.6 Å². The summed E-state index contributed by atoms with van der Waals surface area (Å²) < 4.78 is 10.0. The minimum atomic E-state index is -1.10. The molecule has 2 aromatic heterocycles. The first kappa shape index (κ1) is 17.9. The fourth-order valence-corrected chi connectivity index (χ4v) is 3.15. The number of rotatable bonds is 7. The molecule has 0 atom stereocenters. The summed E-state index contributed by atoms with van der Waals surface area (Å²) in [6, 6.07) is 5.08. The minimum absolute atomic E-state index is 0.321. The van der Waals surface area contributed by atoms with E-state index in [1.807, 2.05) is 7.05 Å². The van der Waals surface area contributed by atoms with Crippen LogP contribution in [-0.2, 0) is 24.9 Å². The number of halogens is 1. The standard InChI is InChI=1S/C15H22BrN5OSi/c1-20-15(16)12(10-18-20)7-13-8-14(9-17)21(19-13)11-22-5-6-23(2,3)4/h8,10H,5-7,11H2,1-4H3. The van der Waals surface area contributed by atoms with Gasteiger partial charge in [0.15, 0.2) is 0 Å². The van der Waals surface area contributed by atoms with Gasteiger partial charge in [-0.3, -0.25) is 4.68 Å². The molecule has 124 valence electrons. The fraction of sp³-hybridized carbons (Fsp3) is 0.533. The number of nitrogens with zero attached hydrogens (tertiary/aromatic N) is 5. The molecular formula is C15H22BrN5OSi. The second-order valence-electron chi connectivity index (χ2n) is 6.74. The Kier molecular flexibility index (Phi) is 5.78. The average Bonchev–Trinajstić information content (AvgIpc) is 3.01.